The van der Waals surface area contributed by atoms with E-state index in [-0.39, 0.29) is 11.1 Å². The highest BCUT2D eigenvalue weighted by Gasteiger charge is 2.29. The standard InChI is InChI=1S/C12H28N2/c1-8-12(6,13-7)9-11(4,5)14-10(2)3/h10,13-14H,8-9H2,1-7H3. The molecule has 0 saturated carbocycles. The summed E-state index contributed by atoms with van der Waals surface area (Å²) in [5.41, 5.74) is 0.438. The quantitative estimate of drug-likeness (QED) is 0.688. The average Bonchev–Trinajstić information content (AvgIpc) is 2.01. The summed E-state index contributed by atoms with van der Waals surface area (Å²) < 4.78 is 0. The van der Waals surface area contributed by atoms with Gasteiger partial charge in [-0.2, -0.15) is 0 Å². The Bertz CT molecular complexity index is 158. The minimum absolute atomic E-state index is 0.196. The Morgan fingerprint density at radius 3 is 1.93 bits per heavy atom. The van der Waals surface area contributed by atoms with Gasteiger partial charge in [0, 0.05) is 17.1 Å². The lowest BCUT2D eigenvalue weighted by molar-refractivity contribution is 0.227. The molecule has 2 nitrogen and oxygen atoms in total. The first-order chi connectivity index (χ1) is 6.24. The molecule has 0 heterocycles. The largest absolute Gasteiger partial charge is 0.314 e. The first-order valence-electron chi connectivity index (χ1n) is 5.71. The third-order valence-electron chi connectivity index (χ3n) is 2.90. The Hall–Kier alpha value is -0.0800. The highest BCUT2D eigenvalue weighted by molar-refractivity contribution is 4.92. The molecule has 14 heavy (non-hydrogen) atoms. The molecule has 0 aliphatic rings. The molecule has 0 aromatic heterocycles. The third kappa shape index (κ3) is 4.97. The van der Waals surface area contributed by atoms with E-state index < -0.39 is 0 Å². The first kappa shape index (κ1) is 13.9. The van der Waals surface area contributed by atoms with Crippen molar-refractivity contribution in [3.05, 3.63) is 0 Å². The van der Waals surface area contributed by atoms with Crippen LogP contribution in [0.2, 0.25) is 0 Å². The van der Waals surface area contributed by atoms with Crippen LogP contribution in [0.4, 0.5) is 0 Å². The van der Waals surface area contributed by atoms with Crippen LogP contribution in [-0.4, -0.2) is 24.2 Å². The van der Waals surface area contributed by atoms with Crippen LogP contribution in [0.25, 0.3) is 0 Å². The van der Waals surface area contributed by atoms with Crippen molar-refractivity contribution < 1.29 is 0 Å². The molecule has 2 heteroatoms. The summed E-state index contributed by atoms with van der Waals surface area (Å²) in [5, 5.41) is 7.02. The van der Waals surface area contributed by atoms with E-state index >= 15 is 0 Å². The lowest BCUT2D eigenvalue weighted by atomic mass is 9.83. The van der Waals surface area contributed by atoms with Crippen molar-refractivity contribution in [3.63, 3.8) is 0 Å². The summed E-state index contributed by atoms with van der Waals surface area (Å²) in [6.07, 6.45) is 2.30. The number of hydrogen-bond donors (Lipinski definition) is 2. The maximum absolute atomic E-state index is 3.60. The molecule has 0 fully saturated rings. The lowest BCUT2D eigenvalue weighted by Crippen LogP contribution is -2.52. The van der Waals surface area contributed by atoms with Gasteiger partial charge in [0.2, 0.25) is 0 Å². The van der Waals surface area contributed by atoms with Gasteiger partial charge in [0.05, 0.1) is 0 Å². The molecule has 0 saturated heterocycles. The fourth-order valence-electron chi connectivity index (χ4n) is 2.20. The molecule has 0 aromatic rings. The van der Waals surface area contributed by atoms with Crippen molar-refractivity contribution >= 4 is 0 Å². The van der Waals surface area contributed by atoms with Gasteiger partial charge in [-0.05, 0) is 40.7 Å². The van der Waals surface area contributed by atoms with Gasteiger partial charge in [-0.3, -0.25) is 0 Å². The second-order valence-corrected chi connectivity index (χ2v) is 5.52. The molecule has 1 unspecified atom stereocenters. The molecule has 0 radical (unpaired) electrons. The van der Waals surface area contributed by atoms with Crippen LogP contribution in [0, 0.1) is 0 Å². The van der Waals surface area contributed by atoms with Crippen molar-refractivity contribution in [1.29, 1.82) is 0 Å². The Labute approximate surface area is 89.9 Å². The van der Waals surface area contributed by atoms with Crippen molar-refractivity contribution in [2.75, 3.05) is 7.05 Å². The zero-order valence-corrected chi connectivity index (χ0v) is 11.0. The fourth-order valence-corrected chi connectivity index (χ4v) is 2.20. The zero-order valence-electron chi connectivity index (χ0n) is 11.0. The van der Waals surface area contributed by atoms with E-state index in [1.807, 2.05) is 0 Å². The van der Waals surface area contributed by atoms with Gasteiger partial charge in [-0.15, -0.1) is 0 Å². The fraction of sp³-hybridized carbons (Fsp3) is 1.00. The highest BCUT2D eigenvalue weighted by Crippen LogP contribution is 2.23. The maximum atomic E-state index is 3.60. The van der Waals surface area contributed by atoms with Crippen LogP contribution in [-0.2, 0) is 0 Å². The number of rotatable bonds is 6. The van der Waals surface area contributed by atoms with Crippen LogP contribution in [0.3, 0.4) is 0 Å². The molecule has 0 aliphatic heterocycles. The van der Waals surface area contributed by atoms with Crippen LogP contribution in [0.5, 0.6) is 0 Å². The van der Waals surface area contributed by atoms with Crippen molar-refractivity contribution in [2.45, 2.75) is 71.5 Å². The molecule has 2 N–H and O–H groups in total. The maximum Gasteiger partial charge on any atom is 0.0165 e. The molecule has 1 atom stereocenters. The smallest absolute Gasteiger partial charge is 0.0165 e. The summed E-state index contributed by atoms with van der Waals surface area (Å²) in [6.45, 7) is 13.5. The van der Waals surface area contributed by atoms with E-state index in [9.17, 15) is 0 Å². The van der Waals surface area contributed by atoms with Crippen LogP contribution < -0.4 is 10.6 Å². The molecule has 0 bridgehead atoms. The topological polar surface area (TPSA) is 24.1 Å². The van der Waals surface area contributed by atoms with Gasteiger partial charge >= 0.3 is 0 Å². The highest BCUT2D eigenvalue weighted by atomic mass is 15.0. The molecule has 0 aliphatic carbocycles. The summed E-state index contributed by atoms with van der Waals surface area (Å²) in [6, 6.07) is 0.544. The Morgan fingerprint density at radius 2 is 1.64 bits per heavy atom. The molecular formula is C12H28N2. The van der Waals surface area contributed by atoms with E-state index in [1.165, 1.54) is 0 Å². The lowest BCUT2D eigenvalue weighted by Gasteiger charge is -2.38. The molecule has 86 valence electrons. The zero-order chi connectivity index (χ0) is 11.4. The van der Waals surface area contributed by atoms with Crippen LogP contribution >= 0.6 is 0 Å². The van der Waals surface area contributed by atoms with Gasteiger partial charge in [0.25, 0.3) is 0 Å². The van der Waals surface area contributed by atoms with Crippen molar-refractivity contribution in [3.8, 4) is 0 Å². The predicted octanol–water partition coefficient (Wildman–Crippen LogP) is 2.54. The summed E-state index contributed by atoms with van der Waals surface area (Å²) >= 11 is 0. The van der Waals surface area contributed by atoms with Gasteiger partial charge in [0.15, 0.2) is 0 Å². The minimum Gasteiger partial charge on any atom is -0.314 e. The molecule has 0 aromatic carbocycles. The Morgan fingerprint density at radius 1 is 1.14 bits per heavy atom. The second-order valence-electron chi connectivity index (χ2n) is 5.52. The minimum atomic E-state index is 0.196. The van der Waals surface area contributed by atoms with Crippen molar-refractivity contribution in [1.82, 2.24) is 10.6 Å². The molecule has 0 spiro atoms. The number of hydrogen-bond acceptors (Lipinski definition) is 2. The van der Waals surface area contributed by atoms with Gasteiger partial charge in [-0.1, -0.05) is 20.8 Å². The monoisotopic (exact) mass is 200 g/mol. The Kier molecular flexibility index (Phi) is 5.10. The first-order valence-corrected chi connectivity index (χ1v) is 5.71. The van der Waals surface area contributed by atoms with E-state index in [0.717, 1.165) is 12.8 Å². The van der Waals surface area contributed by atoms with E-state index in [1.54, 1.807) is 0 Å². The van der Waals surface area contributed by atoms with E-state index in [2.05, 4.69) is 59.2 Å². The predicted molar refractivity (Wildman–Crippen MR) is 64.7 cm³/mol. The van der Waals surface area contributed by atoms with E-state index in [4.69, 9.17) is 0 Å². The summed E-state index contributed by atoms with van der Waals surface area (Å²) in [5.74, 6) is 0. The normalized spacial score (nSPS) is 17.1. The molecular weight excluding hydrogens is 172 g/mol. The van der Waals surface area contributed by atoms with Crippen LogP contribution in [0.15, 0.2) is 0 Å². The summed E-state index contributed by atoms with van der Waals surface area (Å²) in [4.78, 5) is 0. The van der Waals surface area contributed by atoms with Crippen LogP contribution in [0.1, 0.15) is 54.4 Å². The average molecular weight is 200 g/mol. The number of nitrogens with one attached hydrogen (secondary N) is 2. The Balaban J connectivity index is 4.32. The summed E-state index contributed by atoms with van der Waals surface area (Å²) in [7, 11) is 2.05. The SMILES string of the molecule is CCC(C)(CC(C)(C)NC(C)C)NC. The third-order valence-corrected chi connectivity index (χ3v) is 2.90. The van der Waals surface area contributed by atoms with E-state index in [0.29, 0.717) is 6.04 Å². The van der Waals surface area contributed by atoms with Gasteiger partial charge in [-0.25, -0.2) is 0 Å². The molecule has 0 amide bonds. The molecule has 0 rings (SSSR count). The van der Waals surface area contributed by atoms with Gasteiger partial charge in [0.1, 0.15) is 0 Å². The second kappa shape index (κ2) is 5.13. The van der Waals surface area contributed by atoms with Gasteiger partial charge < -0.3 is 10.6 Å². The van der Waals surface area contributed by atoms with Crippen molar-refractivity contribution in [2.24, 2.45) is 0 Å².